The summed E-state index contributed by atoms with van der Waals surface area (Å²) in [6.07, 6.45) is 5.66. The summed E-state index contributed by atoms with van der Waals surface area (Å²) in [6.45, 7) is 10.4. The van der Waals surface area contributed by atoms with Gasteiger partial charge in [0.2, 0.25) is 0 Å². The second-order valence-electron chi connectivity index (χ2n) is 8.28. The lowest BCUT2D eigenvalue weighted by atomic mass is 10.0. The monoisotopic (exact) mass is 456 g/mol. The fourth-order valence-corrected chi connectivity index (χ4v) is 8.28. The highest BCUT2D eigenvalue weighted by Gasteiger charge is 2.40. The number of allylic oxidation sites excluding steroid dienone is 2. The molecule has 166 valence electrons. The molecule has 2 aromatic carbocycles. The number of hydrogen-bond acceptors (Lipinski definition) is 4. The zero-order chi connectivity index (χ0) is 23.1. The van der Waals surface area contributed by atoms with Crippen LogP contribution in [0.25, 0.3) is 0 Å². The number of carbonyl (C=O) groups is 1. The van der Waals surface area contributed by atoms with E-state index in [4.69, 9.17) is 4.74 Å². The predicted molar refractivity (Wildman–Crippen MR) is 130 cm³/mol. The number of sulfone groups is 1. The van der Waals surface area contributed by atoms with Gasteiger partial charge in [0.05, 0.1) is 31.7 Å². The number of rotatable bonds is 10. The van der Waals surface area contributed by atoms with Gasteiger partial charge >= 0.3 is 5.97 Å². The van der Waals surface area contributed by atoms with E-state index >= 15 is 0 Å². The molecule has 6 heteroatoms. The highest BCUT2D eigenvalue weighted by molar-refractivity contribution is 7.91. The van der Waals surface area contributed by atoms with E-state index in [1.54, 1.807) is 36.4 Å². The largest absolute Gasteiger partial charge is 0.469 e. The van der Waals surface area contributed by atoms with Gasteiger partial charge in [-0.25, -0.2) is 8.42 Å². The Bertz CT molecular complexity index is 1010. The topological polar surface area (TPSA) is 60.4 Å². The lowest BCUT2D eigenvalue weighted by Gasteiger charge is -2.35. The standard InChI is InChI=1S/C25H32O4SSi/c1-6-24(31(4,5)22-12-8-7-9-13-22)23(25(26)29-3)14-10-11-19-30(27,28)21-17-15-20(2)16-18-21/h6-13,15-18,23-24H,1,14,19H2,2-5H3/b11-10+/t23-,24-/m1/s1. The molecular weight excluding hydrogens is 424 g/mol. The van der Waals surface area contributed by atoms with Crippen LogP contribution in [0, 0.1) is 12.8 Å². The number of carbonyl (C=O) groups excluding carboxylic acids is 1. The van der Waals surface area contributed by atoms with Gasteiger partial charge in [-0.2, -0.15) is 0 Å². The van der Waals surface area contributed by atoms with Crippen molar-refractivity contribution in [1.29, 1.82) is 0 Å². The summed E-state index contributed by atoms with van der Waals surface area (Å²) in [5.41, 5.74) is 0.955. The van der Waals surface area contributed by atoms with Crippen LogP contribution >= 0.6 is 0 Å². The molecule has 0 bridgehead atoms. The van der Waals surface area contributed by atoms with E-state index in [0.29, 0.717) is 11.3 Å². The van der Waals surface area contributed by atoms with Crippen LogP contribution in [0.3, 0.4) is 0 Å². The van der Waals surface area contributed by atoms with Gasteiger partial charge in [0.15, 0.2) is 9.84 Å². The van der Waals surface area contributed by atoms with E-state index in [2.05, 4.69) is 31.8 Å². The quantitative estimate of drug-likeness (QED) is 0.296. The van der Waals surface area contributed by atoms with Crippen LogP contribution < -0.4 is 5.19 Å². The molecule has 2 rings (SSSR count). The normalized spacial score (nSPS) is 14.2. The molecule has 0 saturated carbocycles. The maximum Gasteiger partial charge on any atom is 0.309 e. The Kier molecular flexibility index (Phi) is 8.59. The number of aryl methyl sites for hydroxylation is 1. The molecule has 0 N–H and O–H groups in total. The van der Waals surface area contributed by atoms with Crippen LogP contribution in [0.2, 0.25) is 18.6 Å². The van der Waals surface area contributed by atoms with Crippen molar-refractivity contribution in [3.8, 4) is 0 Å². The average molecular weight is 457 g/mol. The lowest BCUT2D eigenvalue weighted by molar-refractivity contribution is -0.145. The van der Waals surface area contributed by atoms with Gasteiger partial charge in [-0.3, -0.25) is 4.79 Å². The predicted octanol–water partition coefficient (Wildman–Crippen LogP) is 4.68. The fourth-order valence-electron chi connectivity index (χ4n) is 3.84. The number of benzene rings is 2. The van der Waals surface area contributed by atoms with E-state index in [1.165, 1.54) is 12.3 Å². The van der Waals surface area contributed by atoms with Crippen LogP contribution in [0.1, 0.15) is 12.0 Å². The molecule has 0 radical (unpaired) electrons. The molecule has 0 fully saturated rings. The van der Waals surface area contributed by atoms with Crippen LogP contribution in [-0.4, -0.2) is 35.3 Å². The third-order valence-electron chi connectivity index (χ3n) is 5.79. The minimum absolute atomic E-state index is 0.0549. The molecule has 0 aromatic heterocycles. The van der Waals surface area contributed by atoms with Gasteiger partial charge in [-0.05, 0) is 31.0 Å². The first kappa shape index (κ1) is 24.8. The Morgan fingerprint density at radius 1 is 1.06 bits per heavy atom. The molecule has 2 aromatic rings. The third kappa shape index (κ3) is 6.28. The smallest absolute Gasteiger partial charge is 0.309 e. The van der Waals surface area contributed by atoms with Crippen LogP contribution in [0.4, 0.5) is 0 Å². The van der Waals surface area contributed by atoms with Crippen molar-refractivity contribution in [1.82, 2.24) is 0 Å². The van der Waals surface area contributed by atoms with E-state index in [-0.39, 0.29) is 17.3 Å². The van der Waals surface area contributed by atoms with Gasteiger partial charge in [0, 0.05) is 0 Å². The number of hydrogen-bond donors (Lipinski definition) is 0. The molecule has 31 heavy (non-hydrogen) atoms. The first-order chi connectivity index (χ1) is 14.6. The summed E-state index contributed by atoms with van der Waals surface area (Å²) in [5, 5.41) is 1.24. The van der Waals surface area contributed by atoms with Crippen molar-refractivity contribution in [3.63, 3.8) is 0 Å². The zero-order valence-electron chi connectivity index (χ0n) is 18.7. The second-order valence-corrected chi connectivity index (χ2v) is 15.0. The SMILES string of the molecule is C=C[C@H]([C@@H](C/C=C/CS(=O)(=O)c1ccc(C)cc1)C(=O)OC)[Si](C)(C)c1ccccc1. The number of ether oxygens (including phenoxy) is 1. The summed E-state index contributed by atoms with van der Waals surface area (Å²) in [4.78, 5) is 12.9. The van der Waals surface area contributed by atoms with Crippen molar-refractivity contribution in [2.75, 3.05) is 12.9 Å². The van der Waals surface area contributed by atoms with Crippen molar-refractivity contribution in [2.24, 2.45) is 5.92 Å². The van der Waals surface area contributed by atoms with E-state index in [0.717, 1.165) is 5.56 Å². The van der Waals surface area contributed by atoms with Crippen molar-refractivity contribution < 1.29 is 17.9 Å². The minimum Gasteiger partial charge on any atom is -0.469 e. The molecule has 0 amide bonds. The maximum absolute atomic E-state index is 12.6. The molecular formula is C25H32O4SSi. The van der Waals surface area contributed by atoms with Gasteiger partial charge in [0.1, 0.15) is 0 Å². The minimum atomic E-state index is -3.41. The fraction of sp³-hybridized carbons (Fsp3) is 0.320. The summed E-state index contributed by atoms with van der Waals surface area (Å²) < 4.78 is 30.2. The summed E-state index contributed by atoms with van der Waals surface area (Å²) in [5.74, 6) is -0.822. The summed E-state index contributed by atoms with van der Waals surface area (Å²) >= 11 is 0. The highest BCUT2D eigenvalue weighted by Crippen LogP contribution is 2.34. The summed E-state index contributed by atoms with van der Waals surface area (Å²) in [6, 6.07) is 17.0. The van der Waals surface area contributed by atoms with Crippen LogP contribution in [-0.2, 0) is 19.4 Å². The molecule has 0 aliphatic rings. The van der Waals surface area contributed by atoms with Crippen LogP contribution in [0.5, 0.6) is 0 Å². The van der Waals surface area contributed by atoms with Gasteiger partial charge in [0.25, 0.3) is 0 Å². The second kappa shape index (κ2) is 10.7. The highest BCUT2D eigenvalue weighted by atomic mass is 32.2. The first-order valence-corrected chi connectivity index (χ1v) is 15.1. The van der Waals surface area contributed by atoms with E-state index in [9.17, 15) is 13.2 Å². The Labute approximate surface area is 187 Å². The van der Waals surface area contributed by atoms with Crippen molar-refractivity contribution in [3.05, 3.63) is 85.0 Å². The van der Waals surface area contributed by atoms with Gasteiger partial charge in [-0.15, -0.1) is 6.58 Å². The molecule has 0 aliphatic heterocycles. The van der Waals surface area contributed by atoms with Crippen molar-refractivity contribution >= 4 is 29.1 Å². The van der Waals surface area contributed by atoms with Gasteiger partial charge < -0.3 is 4.74 Å². The Morgan fingerprint density at radius 2 is 1.68 bits per heavy atom. The summed E-state index contributed by atoms with van der Waals surface area (Å²) in [7, 11) is -4.10. The van der Waals surface area contributed by atoms with Crippen molar-refractivity contribution in [2.45, 2.75) is 36.9 Å². The molecule has 0 heterocycles. The number of methoxy groups -OCH3 is 1. The Morgan fingerprint density at radius 3 is 2.23 bits per heavy atom. The first-order valence-electron chi connectivity index (χ1n) is 10.3. The molecule has 0 spiro atoms. The lowest BCUT2D eigenvalue weighted by Crippen LogP contribution is -2.49. The zero-order valence-corrected chi connectivity index (χ0v) is 20.6. The molecule has 2 atom stereocenters. The maximum atomic E-state index is 12.6. The molecule has 4 nitrogen and oxygen atoms in total. The Balaban J connectivity index is 2.20. The molecule has 0 saturated heterocycles. The Hall–Kier alpha value is -2.44. The van der Waals surface area contributed by atoms with Crippen LogP contribution in [0.15, 0.2) is 84.3 Å². The molecule has 0 aliphatic carbocycles. The molecule has 0 unspecified atom stereocenters. The van der Waals surface area contributed by atoms with E-state index in [1.807, 2.05) is 31.2 Å². The average Bonchev–Trinajstić information content (AvgIpc) is 2.76. The van der Waals surface area contributed by atoms with Gasteiger partial charge in [-0.1, -0.05) is 84.5 Å². The van der Waals surface area contributed by atoms with E-state index < -0.39 is 23.8 Å². The number of esters is 1. The third-order valence-corrected chi connectivity index (χ3v) is 11.5.